The van der Waals surface area contributed by atoms with Crippen LogP contribution in [0.15, 0.2) is 116 Å². The van der Waals surface area contributed by atoms with E-state index in [1.165, 1.54) is 71.9 Å². The number of aliphatic hydroxyl groups is 2. The fraction of sp³-hybridized carbons (Fsp3) is 0.467. The molecule has 2 aliphatic carbocycles. The summed E-state index contributed by atoms with van der Waals surface area (Å²) in [6.45, 7) is 13.9. The van der Waals surface area contributed by atoms with Gasteiger partial charge in [-0.05, 0) is 131 Å². The molecule has 10 nitrogen and oxygen atoms in total. The van der Waals surface area contributed by atoms with Gasteiger partial charge in [-0.2, -0.15) is 0 Å². The molecule has 2 fully saturated rings. The van der Waals surface area contributed by atoms with Crippen LogP contribution in [0.1, 0.15) is 139 Å². The molecule has 2 aromatic heterocycles. The Bertz CT molecular complexity index is 2720. The minimum atomic E-state index is -0.889. The minimum Gasteiger partial charge on any atom is -0.390 e. The van der Waals surface area contributed by atoms with Crippen molar-refractivity contribution in [3.63, 3.8) is 0 Å². The molecule has 2 heterocycles. The maximum atomic E-state index is 13.9. The van der Waals surface area contributed by atoms with Crippen LogP contribution in [0.4, 0.5) is 29.2 Å². The van der Waals surface area contributed by atoms with E-state index in [2.05, 4.69) is 131 Å². The van der Waals surface area contributed by atoms with Crippen molar-refractivity contribution in [2.24, 2.45) is 0 Å². The van der Waals surface area contributed by atoms with Gasteiger partial charge in [0.15, 0.2) is 0 Å². The van der Waals surface area contributed by atoms with E-state index in [9.17, 15) is 27.8 Å². The maximum absolute atomic E-state index is 13.9. The molecule has 4 atom stereocenters. The number of aromatic nitrogens is 4. The van der Waals surface area contributed by atoms with E-state index < -0.39 is 47.6 Å². The molecule has 4 aromatic carbocycles. The summed E-state index contributed by atoms with van der Waals surface area (Å²) in [7, 11) is 0. The first-order chi connectivity index (χ1) is 35.7. The molecule has 0 unspecified atom stereocenters. The first-order valence-electron chi connectivity index (χ1n) is 26.4. The van der Waals surface area contributed by atoms with Gasteiger partial charge in [-0.25, -0.2) is 37.5 Å². The van der Waals surface area contributed by atoms with Gasteiger partial charge in [-0.3, -0.25) is 0 Å². The molecule has 0 aliphatic heterocycles. The van der Waals surface area contributed by atoms with Crippen LogP contribution in [0.3, 0.4) is 0 Å². The number of halogens is 5. The second kappa shape index (κ2) is 25.6. The molecule has 6 aromatic rings. The molecule has 0 saturated heterocycles. The van der Waals surface area contributed by atoms with Gasteiger partial charge in [-0.1, -0.05) is 129 Å². The summed E-state index contributed by atoms with van der Waals surface area (Å²) in [5.74, 6) is -1.61. The lowest BCUT2D eigenvalue weighted by Crippen LogP contribution is -2.51. The molecule has 8 rings (SSSR count). The third-order valence-electron chi connectivity index (χ3n) is 14.8. The number of rotatable bonds is 18. The molecule has 0 spiro atoms. The molecule has 0 bridgehead atoms. The van der Waals surface area contributed by atoms with E-state index in [0.29, 0.717) is 29.3 Å². The van der Waals surface area contributed by atoms with Crippen LogP contribution in [-0.4, -0.2) is 67.5 Å². The van der Waals surface area contributed by atoms with E-state index in [1.54, 1.807) is 18.3 Å². The second-order valence-electron chi connectivity index (χ2n) is 22.6. The van der Waals surface area contributed by atoms with Crippen molar-refractivity contribution in [3.8, 4) is 0 Å². The highest BCUT2D eigenvalue weighted by Crippen LogP contribution is 2.40. The second-order valence-corrected chi connectivity index (χ2v) is 23.0. The van der Waals surface area contributed by atoms with Gasteiger partial charge in [0.25, 0.3) is 0 Å². The van der Waals surface area contributed by atoms with Crippen LogP contribution < -0.4 is 21.3 Å². The number of anilines is 2. The smallest absolute Gasteiger partial charge is 0.224 e. The number of nitrogens with zero attached hydrogens (tertiary/aromatic N) is 4. The number of hydrogen-bond acceptors (Lipinski definition) is 10. The van der Waals surface area contributed by atoms with Gasteiger partial charge < -0.3 is 31.5 Å². The fourth-order valence-electron chi connectivity index (χ4n) is 10.6. The zero-order valence-electron chi connectivity index (χ0n) is 44.3. The SMILES string of the molecule is CC(C)(C)c1cccc(C2(NC[C@@H](O)[C@H](Cc3cc(F)cc(F)c3)Nc3ccnc(Cl)n3)CCCCC2)c1.CC(C)(C)c1cccc(C2(NC[C@@H](O)[C@H](Cc3cc(F)cc(F)c3)Nc3ccncn3)CCCCC2)c1. The molecule has 2 saturated carbocycles. The molecular formula is C60H75ClF4N8O2. The Labute approximate surface area is 446 Å². The molecule has 75 heavy (non-hydrogen) atoms. The number of nitrogens with one attached hydrogen (secondary N) is 4. The monoisotopic (exact) mass is 1050 g/mol. The van der Waals surface area contributed by atoms with Crippen LogP contribution in [0.5, 0.6) is 0 Å². The third-order valence-corrected chi connectivity index (χ3v) is 15.0. The Kier molecular flexibility index (Phi) is 19.5. The Morgan fingerprint density at radius 3 is 1.37 bits per heavy atom. The van der Waals surface area contributed by atoms with Gasteiger partial charge >= 0.3 is 0 Å². The molecule has 0 radical (unpaired) electrons. The topological polar surface area (TPSA) is 140 Å². The predicted octanol–water partition coefficient (Wildman–Crippen LogP) is 12.4. The van der Waals surface area contributed by atoms with Gasteiger partial charge in [-0.15, -0.1) is 0 Å². The Hall–Kier alpha value is -5.51. The van der Waals surface area contributed by atoms with E-state index in [4.69, 9.17) is 11.6 Å². The Morgan fingerprint density at radius 1 is 0.547 bits per heavy atom. The highest BCUT2D eigenvalue weighted by molar-refractivity contribution is 6.28. The Morgan fingerprint density at radius 2 is 0.973 bits per heavy atom. The average molecular weight is 1050 g/mol. The third kappa shape index (κ3) is 16.3. The van der Waals surface area contributed by atoms with Crippen LogP contribution in [0.2, 0.25) is 5.28 Å². The lowest BCUT2D eigenvalue weighted by Gasteiger charge is -2.41. The van der Waals surface area contributed by atoms with Crippen molar-refractivity contribution in [2.75, 3.05) is 23.7 Å². The summed E-state index contributed by atoms with van der Waals surface area (Å²) in [6.07, 6.45) is 14.0. The van der Waals surface area contributed by atoms with Crippen LogP contribution in [0, 0.1) is 23.3 Å². The largest absolute Gasteiger partial charge is 0.390 e. The molecule has 0 amide bonds. The normalized spacial score (nSPS) is 17.2. The minimum absolute atomic E-state index is 0.0272. The van der Waals surface area contributed by atoms with Gasteiger partial charge in [0, 0.05) is 48.7 Å². The van der Waals surface area contributed by atoms with Crippen molar-refractivity contribution in [1.82, 2.24) is 30.6 Å². The summed E-state index contributed by atoms with van der Waals surface area (Å²) in [5.41, 5.74) is 5.52. The predicted molar refractivity (Wildman–Crippen MR) is 292 cm³/mol. The van der Waals surface area contributed by atoms with E-state index in [1.807, 2.05) is 0 Å². The van der Waals surface area contributed by atoms with E-state index in [0.717, 1.165) is 63.5 Å². The van der Waals surface area contributed by atoms with Crippen LogP contribution in [-0.2, 0) is 34.7 Å². The van der Waals surface area contributed by atoms with Gasteiger partial charge in [0.2, 0.25) is 5.28 Å². The summed E-state index contributed by atoms with van der Waals surface area (Å²) in [5, 5.41) is 36.8. The zero-order valence-corrected chi connectivity index (χ0v) is 45.0. The first kappa shape index (κ1) is 57.2. The van der Waals surface area contributed by atoms with Crippen LogP contribution in [0.25, 0.3) is 0 Å². The number of hydrogen-bond donors (Lipinski definition) is 6. The maximum Gasteiger partial charge on any atom is 0.224 e. The average Bonchev–Trinajstić information content (AvgIpc) is 3.37. The summed E-state index contributed by atoms with van der Waals surface area (Å²) < 4.78 is 55.7. The molecule has 2 aliphatic rings. The molecule has 402 valence electrons. The van der Waals surface area contributed by atoms with E-state index in [-0.39, 0.29) is 46.6 Å². The molecule has 15 heteroatoms. The standard InChI is InChI=1S/C30H37ClF2N4O.C30H38F2N4O/c1-29(2,3)21-8-7-9-22(17-21)30(11-5-4-6-12-30)35-19-26(38)25(36-27-10-13-34-28(31)37-27)16-20-14-23(32)18-24(33)15-20;1-29(2,3)22-8-7-9-23(17-22)30(11-5-4-6-12-30)35-19-27(37)26(36-28-10-13-33-20-34-28)16-21-14-24(31)18-25(32)15-21/h7-10,13-15,17-18,25-26,35,38H,4-6,11-12,16,19H2,1-3H3,(H,34,36,37);7-10,13-15,17-18,20,26-27,35,37H,4-6,11-12,16,19H2,1-3H3,(H,33,34,36)/t25-,26+;26-,27+/m00/s1. The van der Waals surface area contributed by atoms with Crippen LogP contribution >= 0.6 is 11.6 Å². The molecular weight excluding hydrogens is 976 g/mol. The number of aliphatic hydroxyl groups excluding tert-OH is 2. The highest BCUT2D eigenvalue weighted by Gasteiger charge is 2.37. The first-order valence-corrected chi connectivity index (χ1v) is 26.8. The van der Waals surface area contributed by atoms with Crippen molar-refractivity contribution in [2.45, 2.75) is 165 Å². The zero-order chi connectivity index (χ0) is 53.8. The highest BCUT2D eigenvalue weighted by atomic mass is 35.5. The summed E-state index contributed by atoms with van der Waals surface area (Å²) in [6, 6.07) is 26.7. The molecule has 6 N–H and O–H groups in total. The van der Waals surface area contributed by atoms with Gasteiger partial charge in [0.05, 0.1) is 24.3 Å². The fourth-order valence-corrected chi connectivity index (χ4v) is 10.7. The quantitative estimate of drug-likeness (QED) is 0.0364. The number of benzene rings is 4. The Balaban J connectivity index is 0.000000219. The summed E-state index contributed by atoms with van der Waals surface area (Å²) >= 11 is 5.97. The summed E-state index contributed by atoms with van der Waals surface area (Å²) in [4.78, 5) is 16.2. The van der Waals surface area contributed by atoms with Crippen molar-refractivity contribution < 1.29 is 27.8 Å². The van der Waals surface area contributed by atoms with E-state index >= 15 is 0 Å². The lowest BCUT2D eigenvalue weighted by molar-refractivity contribution is 0.122. The van der Waals surface area contributed by atoms with Crippen molar-refractivity contribution >= 4 is 23.2 Å². The van der Waals surface area contributed by atoms with Crippen molar-refractivity contribution in [1.29, 1.82) is 0 Å². The van der Waals surface area contributed by atoms with Gasteiger partial charge in [0.1, 0.15) is 41.2 Å². The van der Waals surface area contributed by atoms with Crippen molar-refractivity contribution in [3.05, 3.63) is 178 Å². The lowest BCUT2D eigenvalue weighted by atomic mass is 9.74.